The van der Waals surface area contributed by atoms with Crippen LogP contribution in [0.3, 0.4) is 0 Å². The quantitative estimate of drug-likeness (QED) is 0.609. The first-order valence-corrected chi connectivity index (χ1v) is 11.3. The molecule has 2 aliphatic heterocycles. The average molecular weight is 445 g/mol. The van der Waals surface area contributed by atoms with E-state index in [1.165, 1.54) is 11.1 Å². The van der Waals surface area contributed by atoms with Gasteiger partial charge in [0.2, 0.25) is 5.89 Å². The van der Waals surface area contributed by atoms with E-state index in [0.717, 1.165) is 24.1 Å². The summed E-state index contributed by atoms with van der Waals surface area (Å²) in [6, 6.07) is 16.1. The SMILES string of the molecule is CCc1ccc(C2CC3C(=O)N(Cc4nc(-c5ccccc5OC)oc4C)C=CN3N2)cc1. The molecule has 2 aromatic carbocycles. The number of para-hydroxylation sites is 1. The molecule has 0 saturated carbocycles. The molecule has 0 aliphatic carbocycles. The molecule has 170 valence electrons. The molecule has 2 unspecified atom stereocenters. The highest BCUT2D eigenvalue weighted by molar-refractivity contribution is 5.84. The van der Waals surface area contributed by atoms with Crippen LogP contribution < -0.4 is 10.2 Å². The number of hydrogen-bond acceptors (Lipinski definition) is 6. The molecule has 2 atom stereocenters. The van der Waals surface area contributed by atoms with Crippen LogP contribution in [-0.2, 0) is 17.8 Å². The third kappa shape index (κ3) is 4.00. The number of fused-ring (bicyclic) bond motifs is 1. The van der Waals surface area contributed by atoms with E-state index in [0.29, 0.717) is 23.9 Å². The first-order valence-electron chi connectivity index (χ1n) is 11.3. The number of nitrogens with one attached hydrogen (secondary N) is 1. The van der Waals surface area contributed by atoms with Crippen LogP contribution in [0.2, 0.25) is 0 Å². The smallest absolute Gasteiger partial charge is 0.251 e. The van der Waals surface area contributed by atoms with Gasteiger partial charge in [0, 0.05) is 12.4 Å². The molecule has 0 bridgehead atoms. The fraction of sp³-hybridized carbons (Fsp3) is 0.308. The van der Waals surface area contributed by atoms with E-state index >= 15 is 0 Å². The molecule has 3 heterocycles. The van der Waals surface area contributed by atoms with Crippen LogP contribution in [-0.4, -0.2) is 34.0 Å². The fourth-order valence-corrected chi connectivity index (χ4v) is 4.44. The maximum Gasteiger partial charge on any atom is 0.251 e. The van der Waals surface area contributed by atoms with Crippen LogP contribution in [0.1, 0.15) is 42.0 Å². The lowest BCUT2D eigenvalue weighted by Crippen LogP contribution is -2.47. The van der Waals surface area contributed by atoms with Crippen LogP contribution in [0.25, 0.3) is 11.5 Å². The number of carbonyl (C=O) groups is 1. The van der Waals surface area contributed by atoms with Crippen molar-refractivity contribution in [3.63, 3.8) is 0 Å². The number of ether oxygens (including phenoxy) is 1. The second-order valence-electron chi connectivity index (χ2n) is 8.42. The van der Waals surface area contributed by atoms with Crippen molar-refractivity contribution in [2.24, 2.45) is 0 Å². The van der Waals surface area contributed by atoms with Gasteiger partial charge in [0.25, 0.3) is 5.91 Å². The van der Waals surface area contributed by atoms with Gasteiger partial charge in [0.1, 0.15) is 23.2 Å². The number of nitrogens with zero attached hydrogens (tertiary/aromatic N) is 3. The average Bonchev–Trinajstić information content (AvgIpc) is 3.45. The lowest BCUT2D eigenvalue weighted by Gasteiger charge is -2.31. The number of rotatable bonds is 6. The van der Waals surface area contributed by atoms with Gasteiger partial charge >= 0.3 is 0 Å². The first kappa shape index (κ1) is 21.3. The largest absolute Gasteiger partial charge is 0.496 e. The van der Waals surface area contributed by atoms with E-state index in [9.17, 15) is 4.79 Å². The Bertz CT molecular complexity index is 1180. The summed E-state index contributed by atoms with van der Waals surface area (Å²) in [6.07, 6.45) is 5.48. The molecule has 2 aliphatic rings. The number of amides is 1. The van der Waals surface area contributed by atoms with Gasteiger partial charge in [-0.05, 0) is 43.0 Å². The summed E-state index contributed by atoms with van der Waals surface area (Å²) in [6.45, 7) is 4.38. The van der Waals surface area contributed by atoms with Gasteiger partial charge in [-0.25, -0.2) is 10.4 Å². The Morgan fingerprint density at radius 3 is 2.70 bits per heavy atom. The summed E-state index contributed by atoms with van der Waals surface area (Å²) >= 11 is 0. The molecule has 1 amide bonds. The lowest BCUT2D eigenvalue weighted by atomic mass is 9.99. The number of aromatic nitrogens is 1. The maximum atomic E-state index is 13.3. The van der Waals surface area contributed by atoms with Crippen LogP contribution in [0.4, 0.5) is 0 Å². The van der Waals surface area contributed by atoms with Crippen molar-refractivity contribution in [3.8, 4) is 17.2 Å². The van der Waals surface area contributed by atoms with E-state index in [-0.39, 0.29) is 18.0 Å². The molecular weight excluding hydrogens is 416 g/mol. The van der Waals surface area contributed by atoms with E-state index in [4.69, 9.17) is 9.15 Å². The number of methoxy groups -OCH3 is 1. The summed E-state index contributed by atoms with van der Waals surface area (Å²) in [5, 5.41) is 1.92. The van der Waals surface area contributed by atoms with Crippen LogP contribution >= 0.6 is 0 Å². The Morgan fingerprint density at radius 2 is 1.94 bits per heavy atom. The Hall–Kier alpha value is -3.58. The van der Waals surface area contributed by atoms with Crippen LogP contribution in [0, 0.1) is 6.92 Å². The lowest BCUT2D eigenvalue weighted by molar-refractivity contribution is -0.135. The standard InChI is InChI=1S/C26H28N4O3/c1-4-18-9-11-19(12-10-18)21-15-23-26(31)29(13-14-30(23)28-21)16-22-17(2)33-25(27-22)20-7-5-6-8-24(20)32-3/h5-14,21,23,28H,4,15-16H2,1-3H3. The molecule has 5 rings (SSSR count). The monoisotopic (exact) mass is 444 g/mol. The number of aryl methyl sites for hydroxylation is 2. The Morgan fingerprint density at radius 1 is 1.15 bits per heavy atom. The topological polar surface area (TPSA) is 70.8 Å². The molecule has 1 fully saturated rings. The highest BCUT2D eigenvalue weighted by atomic mass is 16.5. The Balaban J connectivity index is 1.31. The maximum absolute atomic E-state index is 13.3. The van der Waals surface area contributed by atoms with Crippen molar-refractivity contribution in [2.75, 3.05) is 7.11 Å². The first-order chi connectivity index (χ1) is 16.1. The molecule has 0 radical (unpaired) electrons. The van der Waals surface area contributed by atoms with Gasteiger partial charge in [-0.2, -0.15) is 0 Å². The van der Waals surface area contributed by atoms with Crippen molar-refractivity contribution < 1.29 is 13.9 Å². The molecule has 0 spiro atoms. The molecule has 3 aromatic rings. The Labute approximate surface area is 193 Å². The normalized spacial score (nSPS) is 19.8. The van der Waals surface area contributed by atoms with Gasteiger partial charge in [-0.15, -0.1) is 0 Å². The van der Waals surface area contributed by atoms with Crippen LogP contribution in [0.15, 0.2) is 65.3 Å². The zero-order valence-corrected chi connectivity index (χ0v) is 19.1. The van der Waals surface area contributed by atoms with Crippen molar-refractivity contribution in [1.82, 2.24) is 20.3 Å². The van der Waals surface area contributed by atoms with Gasteiger partial charge in [-0.3, -0.25) is 4.79 Å². The number of oxazole rings is 1. The minimum Gasteiger partial charge on any atom is -0.496 e. The minimum atomic E-state index is -0.244. The highest BCUT2D eigenvalue weighted by Crippen LogP contribution is 2.33. The highest BCUT2D eigenvalue weighted by Gasteiger charge is 2.40. The van der Waals surface area contributed by atoms with E-state index in [1.54, 1.807) is 12.0 Å². The van der Waals surface area contributed by atoms with E-state index < -0.39 is 0 Å². The molecule has 7 nitrogen and oxygen atoms in total. The second-order valence-corrected chi connectivity index (χ2v) is 8.42. The van der Waals surface area contributed by atoms with Gasteiger partial charge < -0.3 is 19.1 Å². The molecule has 1 N–H and O–H groups in total. The molecule has 7 heteroatoms. The van der Waals surface area contributed by atoms with Crippen LogP contribution in [0.5, 0.6) is 5.75 Å². The molecular formula is C26H28N4O3. The van der Waals surface area contributed by atoms with E-state index in [2.05, 4.69) is 41.6 Å². The summed E-state index contributed by atoms with van der Waals surface area (Å²) in [7, 11) is 1.62. The minimum absolute atomic E-state index is 0.0546. The van der Waals surface area contributed by atoms with Gasteiger partial charge in [0.05, 0.1) is 25.3 Å². The number of benzene rings is 2. The summed E-state index contributed by atoms with van der Waals surface area (Å²) in [5.74, 6) is 1.94. The van der Waals surface area contributed by atoms with Crippen molar-refractivity contribution in [1.29, 1.82) is 0 Å². The third-order valence-electron chi connectivity index (χ3n) is 6.42. The fourth-order valence-electron chi connectivity index (χ4n) is 4.44. The van der Waals surface area contributed by atoms with Gasteiger partial charge in [-0.1, -0.05) is 43.3 Å². The van der Waals surface area contributed by atoms with Gasteiger partial charge in [0.15, 0.2) is 0 Å². The van der Waals surface area contributed by atoms with Crippen molar-refractivity contribution >= 4 is 5.91 Å². The summed E-state index contributed by atoms with van der Waals surface area (Å²) in [4.78, 5) is 19.7. The predicted molar refractivity (Wildman–Crippen MR) is 125 cm³/mol. The second kappa shape index (κ2) is 8.75. The van der Waals surface area contributed by atoms with Crippen molar-refractivity contribution in [2.45, 2.75) is 45.3 Å². The summed E-state index contributed by atoms with van der Waals surface area (Å²) in [5.41, 5.74) is 7.50. The van der Waals surface area contributed by atoms with E-state index in [1.807, 2.05) is 48.6 Å². The number of hydrazine groups is 1. The zero-order valence-electron chi connectivity index (χ0n) is 19.1. The predicted octanol–water partition coefficient (Wildman–Crippen LogP) is 4.35. The summed E-state index contributed by atoms with van der Waals surface area (Å²) < 4.78 is 11.4. The number of carbonyl (C=O) groups excluding carboxylic acids is 1. The molecule has 33 heavy (non-hydrogen) atoms. The molecule has 1 saturated heterocycles. The Kier molecular flexibility index (Phi) is 5.64. The number of hydrogen-bond donors (Lipinski definition) is 1. The van der Waals surface area contributed by atoms with Crippen molar-refractivity contribution in [3.05, 3.63) is 83.5 Å². The zero-order chi connectivity index (χ0) is 22.9. The molecule has 1 aromatic heterocycles. The third-order valence-corrected chi connectivity index (χ3v) is 6.42.